The van der Waals surface area contributed by atoms with Gasteiger partial charge in [-0.1, -0.05) is 36.4 Å². The normalized spacial score (nSPS) is 15.5. The van der Waals surface area contributed by atoms with Crippen LogP contribution in [0.3, 0.4) is 0 Å². The highest BCUT2D eigenvalue weighted by Crippen LogP contribution is 2.30. The first-order chi connectivity index (χ1) is 12.3. The van der Waals surface area contributed by atoms with Crippen LogP contribution >= 0.6 is 0 Å². The first-order valence-corrected chi connectivity index (χ1v) is 8.04. The number of furan rings is 1. The number of ketones is 1. The number of allylic oxidation sites excluding steroid dienone is 1. The molecule has 0 atom stereocenters. The van der Waals surface area contributed by atoms with E-state index in [0.717, 1.165) is 21.7 Å². The average molecular weight is 327 g/mol. The lowest BCUT2D eigenvalue weighted by Gasteiger charge is -2.19. The smallest absolute Gasteiger partial charge is 0.229 e. The van der Waals surface area contributed by atoms with Crippen LogP contribution in [0.5, 0.6) is 0 Å². The number of aromatic nitrogens is 1. The molecule has 4 nitrogen and oxygen atoms in total. The molecule has 0 fully saturated rings. The van der Waals surface area contributed by atoms with E-state index in [1.54, 1.807) is 24.5 Å². The largest absolute Gasteiger partial charge is 0.483 e. The maximum atomic E-state index is 12.8. The Kier molecular flexibility index (Phi) is 2.97. The molecule has 0 aliphatic carbocycles. The third kappa shape index (κ3) is 2.22. The van der Waals surface area contributed by atoms with Gasteiger partial charge >= 0.3 is 0 Å². The van der Waals surface area contributed by atoms with E-state index in [4.69, 9.17) is 14.1 Å². The molecule has 0 bridgehead atoms. The number of carbonyl (C=O) groups is 1. The summed E-state index contributed by atoms with van der Waals surface area (Å²) >= 11 is 0. The molecule has 25 heavy (non-hydrogen) atoms. The van der Waals surface area contributed by atoms with Crippen molar-refractivity contribution in [3.05, 3.63) is 83.6 Å². The minimum atomic E-state index is -0.166. The number of pyridine rings is 1. The molecule has 4 aromatic rings. The molecule has 0 saturated heterocycles. The molecule has 0 amide bonds. The number of carbonyl (C=O) groups excluding carboxylic acids is 1. The van der Waals surface area contributed by atoms with E-state index in [1.807, 2.05) is 30.3 Å². The Balaban J connectivity index is 1.68. The van der Waals surface area contributed by atoms with Crippen LogP contribution in [0.1, 0.15) is 21.8 Å². The van der Waals surface area contributed by atoms with Gasteiger partial charge in [0.1, 0.15) is 12.4 Å². The maximum absolute atomic E-state index is 12.8. The second kappa shape index (κ2) is 5.31. The second-order valence-electron chi connectivity index (χ2n) is 5.98. The fourth-order valence-electron chi connectivity index (χ4n) is 3.21. The topological polar surface area (TPSA) is 52.3 Å². The van der Waals surface area contributed by atoms with Gasteiger partial charge in [-0.25, -0.2) is 4.98 Å². The SMILES string of the molecule is O=C1/C(=C/c2ccco2)OCc2nc3c(ccc4ccccc43)cc21. The third-order valence-electron chi connectivity index (χ3n) is 4.44. The van der Waals surface area contributed by atoms with Crippen molar-refractivity contribution >= 4 is 33.5 Å². The van der Waals surface area contributed by atoms with Crippen LogP contribution in [-0.4, -0.2) is 10.8 Å². The van der Waals surface area contributed by atoms with Crippen molar-refractivity contribution in [3.8, 4) is 0 Å². The minimum absolute atomic E-state index is 0.166. The van der Waals surface area contributed by atoms with Gasteiger partial charge in [0, 0.05) is 16.8 Å². The Morgan fingerprint density at radius 1 is 1.00 bits per heavy atom. The molecule has 0 saturated carbocycles. The fourth-order valence-corrected chi connectivity index (χ4v) is 3.21. The van der Waals surface area contributed by atoms with Gasteiger partial charge < -0.3 is 9.15 Å². The summed E-state index contributed by atoms with van der Waals surface area (Å²) in [6, 6.07) is 17.6. The molecule has 3 heterocycles. The number of hydrogen-bond donors (Lipinski definition) is 0. The molecule has 0 N–H and O–H groups in total. The van der Waals surface area contributed by atoms with Crippen LogP contribution in [0, 0.1) is 0 Å². The van der Waals surface area contributed by atoms with Crippen molar-refractivity contribution in [2.75, 3.05) is 0 Å². The summed E-state index contributed by atoms with van der Waals surface area (Å²) < 4.78 is 10.9. The molecular weight excluding hydrogens is 314 g/mol. The minimum Gasteiger partial charge on any atom is -0.483 e. The number of benzene rings is 2. The maximum Gasteiger partial charge on any atom is 0.229 e. The fraction of sp³-hybridized carbons (Fsp3) is 0.0476. The van der Waals surface area contributed by atoms with E-state index in [2.05, 4.69) is 12.1 Å². The average Bonchev–Trinajstić information content (AvgIpc) is 3.16. The summed E-state index contributed by atoms with van der Waals surface area (Å²) in [5.41, 5.74) is 2.16. The lowest BCUT2D eigenvalue weighted by atomic mass is 9.99. The zero-order valence-electron chi connectivity index (χ0n) is 13.2. The molecule has 2 aromatic carbocycles. The van der Waals surface area contributed by atoms with Crippen molar-refractivity contribution in [2.24, 2.45) is 0 Å². The predicted molar refractivity (Wildman–Crippen MR) is 95.1 cm³/mol. The van der Waals surface area contributed by atoms with Gasteiger partial charge in [-0.15, -0.1) is 0 Å². The zero-order chi connectivity index (χ0) is 16.8. The van der Waals surface area contributed by atoms with Crippen molar-refractivity contribution in [3.63, 3.8) is 0 Å². The molecule has 120 valence electrons. The standard InChI is InChI=1S/C21H13NO3/c23-21-17-10-14-8-7-13-4-1-2-6-16(13)20(14)22-18(17)12-25-19(21)11-15-5-3-9-24-15/h1-11H,12H2/b19-11-. The predicted octanol–water partition coefficient (Wildman–Crippen LogP) is 4.74. The Morgan fingerprint density at radius 3 is 2.76 bits per heavy atom. The van der Waals surface area contributed by atoms with E-state index in [1.165, 1.54) is 0 Å². The van der Waals surface area contributed by atoms with Gasteiger partial charge in [0.25, 0.3) is 0 Å². The van der Waals surface area contributed by atoms with Gasteiger partial charge in [0.2, 0.25) is 5.78 Å². The van der Waals surface area contributed by atoms with Gasteiger partial charge in [0.05, 0.1) is 23.0 Å². The molecule has 4 heteroatoms. The third-order valence-corrected chi connectivity index (χ3v) is 4.44. The van der Waals surface area contributed by atoms with Crippen molar-refractivity contribution in [2.45, 2.75) is 6.61 Å². The number of hydrogen-bond acceptors (Lipinski definition) is 4. The summed E-state index contributed by atoms with van der Waals surface area (Å²) in [5, 5.41) is 3.15. The number of Topliss-reactive ketones (excluding diaryl/α,β-unsaturated/α-hetero) is 1. The molecule has 2 aromatic heterocycles. The Hall–Kier alpha value is -3.40. The summed E-state index contributed by atoms with van der Waals surface area (Å²) in [4.78, 5) is 17.5. The van der Waals surface area contributed by atoms with Crippen molar-refractivity contribution in [1.82, 2.24) is 4.98 Å². The highest BCUT2D eigenvalue weighted by Gasteiger charge is 2.25. The summed E-state index contributed by atoms with van der Waals surface area (Å²) in [5.74, 6) is 0.705. The van der Waals surface area contributed by atoms with Crippen LogP contribution in [-0.2, 0) is 11.3 Å². The van der Waals surface area contributed by atoms with Crippen LogP contribution in [0.15, 0.2) is 71.0 Å². The molecule has 0 unspecified atom stereocenters. The van der Waals surface area contributed by atoms with Gasteiger partial charge in [-0.3, -0.25) is 4.79 Å². The van der Waals surface area contributed by atoms with Crippen molar-refractivity contribution in [1.29, 1.82) is 0 Å². The molecule has 1 aliphatic heterocycles. The van der Waals surface area contributed by atoms with E-state index in [0.29, 0.717) is 17.0 Å². The first-order valence-electron chi connectivity index (χ1n) is 8.04. The highest BCUT2D eigenvalue weighted by atomic mass is 16.5. The van der Waals surface area contributed by atoms with Crippen LogP contribution in [0.25, 0.3) is 27.8 Å². The second-order valence-corrected chi connectivity index (χ2v) is 5.98. The van der Waals surface area contributed by atoms with E-state index < -0.39 is 0 Å². The number of ether oxygens (including phenoxy) is 1. The monoisotopic (exact) mass is 327 g/mol. The molecule has 0 radical (unpaired) electrons. The van der Waals surface area contributed by atoms with Crippen molar-refractivity contribution < 1.29 is 13.9 Å². The van der Waals surface area contributed by atoms with Crippen LogP contribution in [0.4, 0.5) is 0 Å². The van der Waals surface area contributed by atoms with Gasteiger partial charge in [0.15, 0.2) is 5.76 Å². The number of fused-ring (bicyclic) bond motifs is 4. The Bertz CT molecular complexity index is 1160. The van der Waals surface area contributed by atoms with Crippen LogP contribution < -0.4 is 0 Å². The summed E-state index contributed by atoms with van der Waals surface area (Å²) in [6.07, 6.45) is 3.18. The molecule has 1 aliphatic rings. The lowest BCUT2D eigenvalue weighted by Crippen LogP contribution is -2.17. The summed E-state index contributed by atoms with van der Waals surface area (Å²) in [7, 11) is 0. The van der Waals surface area contributed by atoms with Gasteiger partial charge in [-0.2, -0.15) is 0 Å². The molecule has 0 spiro atoms. The first kappa shape index (κ1) is 14.0. The highest BCUT2D eigenvalue weighted by molar-refractivity contribution is 6.14. The summed E-state index contributed by atoms with van der Waals surface area (Å²) in [6.45, 7) is 0.271. The lowest BCUT2D eigenvalue weighted by molar-refractivity contribution is 0.0865. The quantitative estimate of drug-likeness (QED) is 0.374. The zero-order valence-corrected chi connectivity index (χ0v) is 13.2. The van der Waals surface area contributed by atoms with Crippen LogP contribution in [0.2, 0.25) is 0 Å². The number of rotatable bonds is 1. The van der Waals surface area contributed by atoms with E-state index >= 15 is 0 Å². The molecular formula is C21H13NO3. The number of nitrogens with zero attached hydrogens (tertiary/aromatic N) is 1. The molecule has 5 rings (SSSR count). The van der Waals surface area contributed by atoms with E-state index in [-0.39, 0.29) is 18.1 Å². The van der Waals surface area contributed by atoms with E-state index in [9.17, 15) is 4.79 Å². The van der Waals surface area contributed by atoms with Gasteiger partial charge in [-0.05, 0) is 23.6 Å². The Labute approximate surface area is 143 Å². The Morgan fingerprint density at radius 2 is 1.88 bits per heavy atom.